The number of sulfonamides is 1. The third-order valence-corrected chi connectivity index (χ3v) is 8.17. The number of benzene rings is 2. The molecule has 0 atom stereocenters. The van der Waals surface area contributed by atoms with Gasteiger partial charge in [-0.2, -0.15) is 4.31 Å². The van der Waals surface area contributed by atoms with Gasteiger partial charge >= 0.3 is 0 Å². The van der Waals surface area contributed by atoms with Crippen LogP contribution in [0.15, 0.2) is 53.7 Å². The lowest BCUT2D eigenvalue weighted by atomic mass is 10.0. The lowest BCUT2D eigenvalue weighted by Crippen LogP contribution is -2.35. The highest BCUT2D eigenvalue weighted by Gasteiger charge is 2.27. The van der Waals surface area contributed by atoms with Crippen LogP contribution in [0.1, 0.15) is 31.2 Å². The van der Waals surface area contributed by atoms with E-state index in [1.54, 1.807) is 28.8 Å². The lowest BCUT2D eigenvalue weighted by molar-refractivity contribution is -0.118. The number of para-hydroxylation sites is 1. The number of aromatic nitrogens is 2. The zero-order valence-electron chi connectivity index (χ0n) is 17.4. The number of aryl methyl sites for hydroxylation is 2. The summed E-state index contributed by atoms with van der Waals surface area (Å²) in [4.78, 5) is 19.5. The Hall–Kier alpha value is -2.71. The number of carbonyl (C=O) groups is 1. The van der Waals surface area contributed by atoms with Crippen LogP contribution in [-0.4, -0.2) is 47.8 Å². The highest BCUT2D eigenvalue weighted by Crippen LogP contribution is 2.28. The van der Waals surface area contributed by atoms with Crippen LogP contribution in [0.4, 0.5) is 5.69 Å². The van der Waals surface area contributed by atoms with Crippen molar-refractivity contribution in [2.45, 2.75) is 43.5 Å². The van der Waals surface area contributed by atoms with Crippen LogP contribution in [0.3, 0.4) is 0 Å². The maximum absolute atomic E-state index is 12.9. The van der Waals surface area contributed by atoms with Crippen LogP contribution in [0.5, 0.6) is 0 Å². The van der Waals surface area contributed by atoms with Crippen LogP contribution < -0.4 is 4.90 Å². The van der Waals surface area contributed by atoms with E-state index in [2.05, 4.69) is 11.1 Å². The Bertz CT molecular complexity index is 1230. The number of hydrogen-bond donors (Lipinski definition) is 0. The second-order valence-corrected chi connectivity index (χ2v) is 10.2. The zero-order valence-corrected chi connectivity index (χ0v) is 18.2. The van der Waals surface area contributed by atoms with Gasteiger partial charge in [-0.1, -0.05) is 18.2 Å². The second-order valence-electron chi connectivity index (χ2n) is 8.23. The van der Waals surface area contributed by atoms with E-state index in [0.29, 0.717) is 31.6 Å². The minimum atomic E-state index is -3.47. The minimum absolute atomic E-state index is 0.0993. The average molecular weight is 439 g/mol. The molecule has 0 unspecified atom stereocenters. The molecule has 1 amide bonds. The minimum Gasteiger partial charge on any atom is -0.330 e. The topological polar surface area (TPSA) is 75.5 Å². The summed E-state index contributed by atoms with van der Waals surface area (Å²) in [5.41, 5.74) is 3.72. The smallest absolute Gasteiger partial charge is 0.243 e. The Morgan fingerprint density at radius 2 is 1.81 bits per heavy atom. The molecular formula is C23H26N4O3S. The molecule has 0 saturated carbocycles. The van der Waals surface area contributed by atoms with Gasteiger partial charge in [0.15, 0.2) is 0 Å². The highest BCUT2D eigenvalue weighted by molar-refractivity contribution is 7.89. The molecular weight excluding hydrogens is 412 g/mol. The first kappa shape index (κ1) is 20.2. The van der Waals surface area contributed by atoms with Gasteiger partial charge in [0.1, 0.15) is 0 Å². The molecule has 1 aromatic heterocycles. The van der Waals surface area contributed by atoms with Crippen molar-refractivity contribution in [2.24, 2.45) is 0 Å². The summed E-state index contributed by atoms with van der Waals surface area (Å²) in [5.74, 6) is 0.0993. The Labute approximate surface area is 182 Å². The van der Waals surface area contributed by atoms with E-state index in [9.17, 15) is 13.2 Å². The molecule has 5 rings (SSSR count). The van der Waals surface area contributed by atoms with Gasteiger partial charge in [-0.3, -0.25) is 4.79 Å². The zero-order chi connectivity index (χ0) is 21.4. The summed E-state index contributed by atoms with van der Waals surface area (Å²) >= 11 is 0. The fourth-order valence-electron chi connectivity index (χ4n) is 4.60. The summed E-state index contributed by atoms with van der Waals surface area (Å²) in [7, 11) is -3.47. The van der Waals surface area contributed by atoms with Crippen molar-refractivity contribution in [2.75, 3.05) is 24.5 Å². The predicted molar refractivity (Wildman–Crippen MR) is 119 cm³/mol. The van der Waals surface area contributed by atoms with Crippen molar-refractivity contribution >= 4 is 32.7 Å². The Morgan fingerprint density at radius 3 is 2.65 bits per heavy atom. The molecule has 0 N–H and O–H groups in total. The van der Waals surface area contributed by atoms with Gasteiger partial charge in [-0.25, -0.2) is 13.4 Å². The average Bonchev–Trinajstić information content (AvgIpc) is 3.47. The summed E-state index contributed by atoms with van der Waals surface area (Å²) in [5, 5.41) is 0. The quantitative estimate of drug-likeness (QED) is 0.613. The van der Waals surface area contributed by atoms with Gasteiger partial charge in [-0.15, -0.1) is 0 Å². The van der Waals surface area contributed by atoms with E-state index in [4.69, 9.17) is 0 Å². The first-order valence-corrected chi connectivity index (χ1v) is 12.3. The Balaban J connectivity index is 1.32. The van der Waals surface area contributed by atoms with Gasteiger partial charge in [0.25, 0.3) is 0 Å². The van der Waals surface area contributed by atoms with E-state index < -0.39 is 10.0 Å². The number of carbonyl (C=O) groups excluding carboxylic acids is 1. The van der Waals surface area contributed by atoms with Crippen molar-refractivity contribution in [1.29, 1.82) is 0 Å². The SMILES string of the molecule is O=C(CCn1cnc2cc(S(=O)(=O)N3CCCC3)ccc21)N1CCCc2ccccc21. The molecule has 2 aliphatic heterocycles. The van der Waals surface area contributed by atoms with E-state index in [1.807, 2.05) is 27.7 Å². The van der Waals surface area contributed by atoms with Crippen molar-refractivity contribution in [3.8, 4) is 0 Å². The first-order valence-electron chi connectivity index (χ1n) is 10.9. The molecule has 2 aromatic carbocycles. The fraction of sp³-hybridized carbons (Fsp3) is 0.391. The van der Waals surface area contributed by atoms with E-state index in [-0.39, 0.29) is 10.8 Å². The van der Waals surface area contributed by atoms with Gasteiger partial charge in [0.2, 0.25) is 15.9 Å². The third kappa shape index (κ3) is 3.74. The molecule has 31 heavy (non-hydrogen) atoms. The molecule has 2 aliphatic rings. The standard InChI is InChI=1S/C23H26N4O3S/c28-23(27-14-5-7-18-6-1-2-8-21(18)27)11-15-25-17-24-20-16-19(9-10-22(20)25)31(29,30)26-12-3-4-13-26/h1-2,6,8-10,16-17H,3-5,7,11-15H2. The number of anilines is 1. The van der Waals surface area contributed by atoms with Crippen LogP contribution in [-0.2, 0) is 27.8 Å². The van der Waals surface area contributed by atoms with Crippen LogP contribution in [0.25, 0.3) is 11.0 Å². The van der Waals surface area contributed by atoms with Crippen LogP contribution >= 0.6 is 0 Å². The van der Waals surface area contributed by atoms with Crippen molar-refractivity contribution < 1.29 is 13.2 Å². The molecule has 0 bridgehead atoms. The molecule has 0 spiro atoms. The molecule has 7 nitrogen and oxygen atoms in total. The largest absolute Gasteiger partial charge is 0.330 e. The number of rotatable bonds is 5. The highest BCUT2D eigenvalue weighted by atomic mass is 32.2. The molecule has 0 aliphatic carbocycles. The molecule has 1 fully saturated rings. The van der Waals surface area contributed by atoms with E-state index in [0.717, 1.165) is 43.4 Å². The number of nitrogens with zero attached hydrogens (tertiary/aromatic N) is 4. The van der Waals surface area contributed by atoms with Gasteiger partial charge in [0.05, 0.1) is 22.3 Å². The van der Waals surface area contributed by atoms with Crippen molar-refractivity contribution in [3.05, 3.63) is 54.4 Å². The molecule has 1 saturated heterocycles. The normalized spacial score (nSPS) is 17.2. The Kier molecular flexibility index (Phi) is 5.27. The maximum atomic E-state index is 12.9. The van der Waals surface area contributed by atoms with E-state index >= 15 is 0 Å². The number of imidazole rings is 1. The number of hydrogen-bond acceptors (Lipinski definition) is 4. The number of amides is 1. The summed E-state index contributed by atoms with van der Waals surface area (Å²) in [6.07, 6.45) is 5.86. The molecule has 3 aromatic rings. The fourth-order valence-corrected chi connectivity index (χ4v) is 6.14. The third-order valence-electron chi connectivity index (χ3n) is 6.27. The summed E-state index contributed by atoms with van der Waals surface area (Å²) < 4.78 is 29.1. The van der Waals surface area contributed by atoms with E-state index in [1.165, 1.54) is 5.56 Å². The Morgan fingerprint density at radius 1 is 1.00 bits per heavy atom. The predicted octanol–water partition coefficient (Wildman–Crippen LogP) is 3.19. The molecule has 0 radical (unpaired) electrons. The van der Waals surface area contributed by atoms with Crippen molar-refractivity contribution in [1.82, 2.24) is 13.9 Å². The lowest BCUT2D eigenvalue weighted by Gasteiger charge is -2.29. The van der Waals surface area contributed by atoms with Crippen LogP contribution in [0.2, 0.25) is 0 Å². The number of fused-ring (bicyclic) bond motifs is 2. The molecule has 8 heteroatoms. The second kappa shape index (κ2) is 8.09. The van der Waals surface area contributed by atoms with Crippen molar-refractivity contribution in [3.63, 3.8) is 0 Å². The van der Waals surface area contributed by atoms with Gasteiger partial charge in [0, 0.05) is 38.3 Å². The summed E-state index contributed by atoms with van der Waals surface area (Å²) in [6, 6.07) is 13.2. The van der Waals surface area contributed by atoms with Crippen LogP contribution in [0, 0.1) is 0 Å². The molecule has 162 valence electrons. The van der Waals surface area contributed by atoms with Gasteiger partial charge in [-0.05, 0) is 55.5 Å². The molecule has 3 heterocycles. The first-order chi connectivity index (χ1) is 15.0. The monoisotopic (exact) mass is 438 g/mol. The summed E-state index contributed by atoms with van der Waals surface area (Å²) in [6.45, 7) is 2.41. The maximum Gasteiger partial charge on any atom is 0.243 e. The van der Waals surface area contributed by atoms with Gasteiger partial charge < -0.3 is 9.47 Å².